The number of carbonyl (C=O) groups is 4. The van der Waals surface area contributed by atoms with Crippen LogP contribution in [-0.2, 0) is 42.9 Å². The number of rotatable bonds is 53. The van der Waals surface area contributed by atoms with Crippen molar-refractivity contribution in [2.45, 2.75) is 289 Å². The average Bonchev–Trinajstić information content (AvgIpc) is 3.45. The normalized spacial score (nSPS) is 18.5. The van der Waals surface area contributed by atoms with Crippen molar-refractivity contribution in [3.05, 3.63) is 109 Å². The molecule has 3 N–H and O–H groups in total. The smallest absolute Gasteiger partial charge is 0.335 e. The molecule has 12 nitrogen and oxygen atoms in total. The number of hydrogen-bond acceptors (Lipinski definition) is 11. The Bertz CT molecular complexity index is 1820. The van der Waals surface area contributed by atoms with Gasteiger partial charge in [-0.15, -0.1) is 0 Å². The van der Waals surface area contributed by atoms with Crippen LogP contribution in [0, 0.1) is 0 Å². The first-order valence-corrected chi connectivity index (χ1v) is 31.9. The third kappa shape index (κ3) is 45.6. The van der Waals surface area contributed by atoms with E-state index in [-0.39, 0.29) is 25.9 Å². The second-order valence-corrected chi connectivity index (χ2v) is 21.3. The monoisotopic (exact) mass is 1130 g/mol. The van der Waals surface area contributed by atoms with E-state index in [1.807, 2.05) is 0 Å². The first-order chi connectivity index (χ1) is 39.6. The van der Waals surface area contributed by atoms with Gasteiger partial charge in [0.1, 0.15) is 18.8 Å². The molecule has 6 unspecified atom stereocenters. The Labute approximate surface area is 491 Å². The molecule has 0 aromatic heterocycles. The van der Waals surface area contributed by atoms with Crippen LogP contribution in [-0.4, -0.2) is 89.2 Å². The van der Waals surface area contributed by atoms with Crippen molar-refractivity contribution in [2.75, 3.05) is 13.2 Å². The van der Waals surface area contributed by atoms with E-state index in [1.165, 1.54) is 51.4 Å². The largest absolute Gasteiger partial charge is 0.479 e. The van der Waals surface area contributed by atoms with Crippen LogP contribution in [0.3, 0.4) is 0 Å². The number of unbranched alkanes of at least 4 members (excludes halogenated alkanes) is 21. The van der Waals surface area contributed by atoms with Gasteiger partial charge in [0.05, 0.1) is 6.61 Å². The molecule has 0 radical (unpaired) electrons. The Hall–Kier alpha value is -4.62. The van der Waals surface area contributed by atoms with Crippen LogP contribution >= 0.6 is 0 Å². The number of hydrogen-bond donors (Lipinski definition) is 3. The fourth-order valence-electron chi connectivity index (χ4n) is 8.99. The van der Waals surface area contributed by atoms with E-state index < -0.39 is 67.3 Å². The molecule has 1 heterocycles. The molecule has 0 spiro atoms. The Kier molecular flexibility index (Phi) is 51.3. The Morgan fingerprint density at radius 1 is 0.420 bits per heavy atom. The maximum absolute atomic E-state index is 13.2. The fourth-order valence-corrected chi connectivity index (χ4v) is 8.99. The highest BCUT2D eigenvalue weighted by atomic mass is 16.7. The summed E-state index contributed by atoms with van der Waals surface area (Å²) in [7, 11) is 0. The molecule has 1 saturated heterocycles. The lowest BCUT2D eigenvalue weighted by Gasteiger charge is -2.40. The van der Waals surface area contributed by atoms with E-state index in [4.69, 9.17) is 23.7 Å². The van der Waals surface area contributed by atoms with Crippen molar-refractivity contribution in [3.8, 4) is 0 Å². The molecule has 1 aliphatic heterocycles. The molecule has 0 aliphatic carbocycles. The van der Waals surface area contributed by atoms with Gasteiger partial charge in [0.25, 0.3) is 0 Å². The van der Waals surface area contributed by atoms with Crippen molar-refractivity contribution in [2.24, 2.45) is 0 Å². The van der Waals surface area contributed by atoms with Gasteiger partial charge in [0, 0.05) is 19.3 Å². The molecule has 81 heavy (non-hydrogen) atoms. The number of allylic oxidation sites excluding steroid dienone is 18. The van der Waals surface area contributed by atoms with E-state index in [0.717, 1.165) is 141 Å². The first kappa shape index (κ1) is 74.4. The molecule has 460 valence electrons. The van der Waals surface area contributed by atoms with E-state index in [1.54, 1.807) is 0 Å². The predicted octanol–water partition coefficient (Wildman–Crippen LogP) is 17.0. The van der Waals surface area contributed by atoms with Crippen molar-refractivity contribution in [1.82, 2.24) is 0 Å². The quantitative estimate of drug-likeness (QED) is 0.0228. The topological polar surface area (TPSA) is 175 Å². The van der Waals surface area contributed by atoms with E-state index in [2.05, 4.69) is 130 Å². The maximum Gasteiger partial charge on any atom is 0.335 e. The maximum atomic E-state index is 13.2. The van der Waals surface area contributed by atoms with Crippen molar-refractivity contribution < 1.29 is 58.2 Å². The molecule has 1 fully saturated rings. The van der Waals surface area contributed by atoms with Gasteiger partial charge in [-0.05, 0) is 122 Å². The van der Waals surface area contributed by atoms with Crippen LogP contribution < -0.4 is 0 Å². The molecule has 0 aromatic carbocycles. The molecule has 12 heteroatoms. The third-order valence-corrected chi connectivity index (χ3v) is 13.8. The van der Waals surface area contributed by atoms with Crippen LogP contribution in [0.2, 0.25) is 0 Å². The summed E-state index contributed by atoms with van der Waals surface area (Å²) in [6, 6.07) is 0. The summed E-state index contributed by atoms with van der Waals surface area (Å²) in [6.07, 6.45) is 63.3. The number of esters is 3. The number of carbonyl (C=O) groups excluding carboxylic acids is 3. The van der Waals surface area contributed by atoms with Gasteiger partial charge < -0.3 is 39.0 Å². The van der Waals surface area contributed by atoms with Gasteiger partial charge in [0.2, 0.25) is 0 Å². The van der Waals surface area contributed by atoms with Gasteiger partial charge >= 0.3 is 23.9 Å². The van der Waals surface area contributed by atoms with Crippen molar-refractivity contribution in [3.63, 3.8) is 0 Å². The highest BCUT2D eigenvalue weighted by Gasteiger charge is 2.50. The molecule has 0 saturated carbocycles. The molecule has 6 atom stereocenters. The number of carboxylic acid groups (broad SMARTS) is 1. The van der Waals surface area contributed by atoms with Gasteiger partial charge in [-0.2, -0.15) is 0 Å². The molecule has 0 amide bonds. The van der Waals surface area contributed by atoms with E-state index in [0.29, 0.717) is 19.3 Å². The van der Waals surface area contributed by atoms with Crippen LogP contribution in [0.15, 0.2) is 109 Å². The van der Waals surface area contributed by atoms with Gasteiger partial charge in [-0.3, -0.25) is 14.4 Å². The van der Waals surface area contributed by atoms with E-state index >= 15 is 0 Å². The van der Waals surface area contributed by atoms with Crippen LogP contribution in [0.1, 0.15) is 252 Å². The van der Waals surface area contributed by atoms with Gasteiger partial charge in [-0.1, -0.05) is 220 Å². The number of aliphatic hydroxyl groups is 2. The van der Waals surface area contributed by atoms with Crippen molar-refractivity contribution in [1.29, 1.82) is 0 Å². The minimum Gasteiger partial charge on any atom is -0.479 e. The lowest BCUT2D eigenvalue weighted by atomic mass is 9.98. The summed E-state index contributed by atoms with van der Waals surface area (Å²) in [4.78, 5) is 51.3. The predicted molar refractivity (Wildman–Crippen MR) is 330 cm³/mol. The Morgan fingerprint density at radius 2 is 0.778 bits per heavy atom. The lowest BCUT2D eigenvalue weighted by Crippen LogP contribution is -2.61. The Morgan fingerprint density at radius 3 is 1.20 bits per heavy atom. The van der Waals surface area contributed by atoms with Crippen LogP contribution in [0.25, 0.3) is 0 Å². The zero-order valence-corrected chi connectivity index (χ0v) is 50.7. The van der Waals surface area contributed by atoms with E-state index in [9.17, 15) is 34.5 Å². The molecular formula is C69H112O12. The van der Waals surface area contributed by atoms with Gasteiger partial charge in [-0.25, -0.2) is 4.79 Å². The molecule has 1 aliphatic rings. The summed E-state index contributed by atoms with van der Waals surface area (Å²) >= 11 is 0. The summed E-state index contributed by atoms with van der Waals surface area (Å²) in [5.41, 5.74) is 0. The van der Waals surface area contributed by atoms with Crippen LogP contribution in [0.4, 0.5) is 0 Å². The number of aliphatic carboxylic acids is 1. The first-order valence-electron chi connectivity index (χ1n) is 31.9. The lowest BCUT2D eigenvalue weighted by molar-refractivity contribution is -0.301. The third-order valence-electron chi connectivity index (χ3n) is 13.8. The number of carboxylic acids is 1. The molecule has 0 bridgehead atoms. The SMILES string of the molecule is CC/C=C\C/C=C\C/C=C\C/C=C\CCCCCCCCC(=O)OCC(COC1OC(C(=O)O)C(O)C(O)C1OC(=O)CCCCCCCCCCC/C=C\C/C=C\CCCCC)OC(=O)CCCCC/C=C\C/C=C\C/C=C\CC. The zero-order chi connectivity index (χ0) is 58.9. The number of ether oxygens (including phenoxy) is 5. The summed E-state index contributed by atoms with van der Waals surface area (Å²) in [5.74, 6) is -3.19. The molecular weight excluding hydrogens is 1020 g/mol. The standard InChI is InChI=1S/C69H112O12/c1-4-7-10-13-16-19-22-25-27-29-31-33-35-38-40-43-46-49-52-55-61(70)77-58-60(79-62(71)56-53-50-47-44-41-37-24-21-18-15-12-9-6-3)59-78-69-67(65(74)64(73)66(81-69)68(75)76)80-63(72)57-54-51-48-45-42-39-36-34-32-30-28-26-23-20-17-14-11-8-5-2/h7,9-10,12,16-21,25-28,31,33,37,41,60,64-67,69,73-74H,4-6,8,11,13-15,22-24,29-30,32,34-36,38-40,42-59H2,1-3H3,(H,75,76)/b10-7-,12-9-,19-16-,20-17-,21-18-,27-25-,28-26-,33-31-,41-37-. The molecule has 1 rings (SSSR count). The van der Waals surface area contributed by atoms with Gasteiger partial charge in [0.15, 0.2) is 24.6 Å². The number of aliphatic hydroxyl groups excluding tert-OH is 2. The fraction of sp³-hybridized carbons (Fsp3) is 0.681. The Balaban J connectivity index is 2.67. The zero-order valence-electron chi connectivity index (χ0n) is 50.7. The minimum atomic E-state index is -1.92. The second kappa shape index (κ2) is 55.9. The second-order valence-electron chi connectivity index (χ2n) is 21.3. The molecule has 0 aromatic rings. The highest BCUT2D eigenvalue weighted by Crippen LogP contribution is 2.26. The summed E-state index contributed by atoms with van der Waals surface area (Å²) < 4.78 is 28.5. The minimum absolute atomic E-state index is 0.0459. The summed E-state index contributed by atoms with van der Waals surface area (Å²) in [6.45, 7) is 5.71. The van der Waals surface area contributed by atoms with Crippen LogP contribution in [0.5, 0.6) is 0 Å². The highest BCUT2D eigenvalue weighted by molar-refractivity contribution is 5.74. The van der Waals surface area contributed by atoms with Crippen molar-refractivity contribution >= 4 is 23.9 Å². The average molecular weight is 1130 g/mol. The summed E-state index contributed by atoms with van der Waals surface area (Å²) in [5, 5.41) is 31.6.